The fourth-order valence-electron chi connectivity index (χ4n) is 2.12. The standard InChI is InChI=1S/C16H16BrNO3/c1-21-10-11-5-2-3-8-14(11)15(16(19)20)18-13-7-4-6-12(17)9-13/h2-9,15,18H,10H2,1H3,(H,19,20). The Hall–Kier alpha value is -1.85. The predicted molar refractivity (Wildman–Crippen MR) is 85.3 cm³/mol. The Kier molecular flexibility index (Phi) is 5.36. The van der Waals surface area contributed by atoms with Crippen LogP contribution in [0.4, 0.5) is 5.69 Å². The lowest BCUT2D eigenvalue weighted by atomic mass is 10.0. The quantitative estimate of drug-likeness (QED) is 0.831. The van der Waals surface area contributed by atoms with Crippen molar-refractivity contribution >= 4 is 27.6 Å². The van der Waals surface area contributed by atoms with Crippen LogP contribution in [0.25, 0.3) is 0 Å². The molecular weight excluding hydrogens is 334 g/mol. The molecule has 0 aromatic heterocycles. The van der Waals surface area contributed by atoms with Crippen LogP contribution < -0.4 is 5.32 Å². The molecule has 0 saturated heterocycles. The normalized spacial score (nSPS) is 11.9. The first-order chi connectivity index (χ1) is 10.1. The molecule has 110 valence electrons. The smallest absolute Gasteiger partial charge is 0.330 e. The predicted octanol–water partition coefficient (Wildman–Crippen LogP) is 3.83. The third kappa shape index (κ3) is 4.06. The summed E-state index contributed by atoms with van der Waals surface area (Å²) in [4.78, 5) is 11.6. The fraction of sp³-hybridized carbons (Fsp3) is 0.188. The number of ether oxygens (including phenoxy) is 1. The minimum absolute atomic E-state index is 0.375. The summed E-state index contributed by atoms with van der Waals surface area (Å²) in [5, 5.41) is 12.6. The highest BCUT2D eigenvalue weighted by atomic mass is 79.9. The Bertz CT molecular complexity index is 630. The summed E-state index contributed by atoms with van der Waals surface area (Å²) >= 11 is 3.38. The number of nitrogens with one attached hydrogen (secondary N) is 1. The van der Waals surface area contributed by atoms with Crippen LogP contribution in [0, 0.1) is 0 Å². The van der Waals surface area contributed by atoms with E-state index in [9.17, 15) is 9.90 Å². The molecule has 0 aliphatic heterocycles. The zero-order chi connectivity index (χ0) is 15.2. The molecule has 2 N–H and O–H groups in total. The molecule has 5 heteroatoms. The van der Waals surface area contributed by atoms with Gasteiger partial charge in [-0.25, -0.2) is 4.79 Å². The molecule has 0 aliphatic rings. The number of carboxylic acids is 1. The number of carbonyl (C=O) groups is 1. The van der Waals surface area contributed by atoms with Gasteiger partial charge in [-0.1, -0.05) is 46.3 Å². The minimum atomic E-state index is -0.932. The Morgan fingerprint density at radius 1 is 1.29 bits per heavy atom. The molecule has 0 spiro atoms. The van der Waals surface area contributed by atoms with Gasteiger partial charge in [-0.05, 0) is 29.3 Å². The van der Waals surface area contributed by atoms with Crippen LogP contribution in [0.15, 0.2) is 53.0 Å². The second kappa shape index (κ2) is 7.24. The zero-order valence-electron chi connectivity index (χ0n) is 11.5. The SMILES string of the molecule is COCc1ccccc1C(Nc1cccc(Br)c1)C(=O)O. The first kappa shape index (κ1) is 15.5. The molecule has 2 aromatic rings. The molecule has 0 heterocycles. The number of halogens is 1. The Morgan fingerprint density at radius 2 is 2.05 bits per heavy atom. The number of aliphatic carboxylic acids is 1. The fourth-order valence-corrected chi connectivity index (χ4v) is 2.52. The Labute approximate surface area is 131 Å². The van der Waals surface area contributed by atoms with E-state index in [2.05, 4.69) is 21.2 Å². The lowest BCUT2D eigenvalue weighted by Gasteiger charge is -2.19. The van der Waals surface area contributed by atoms with E-state index < -0.39 is 12.0 Å². The summed E-state index contributed by atoms with van der Waals surface area (Å²) < 4.78 is 6.03. The summed E-state index contributed by atoms with van der Waals surface area (Å²) in [5.74, 6) is -0.932. The van der Waals surface area contributed by atoms with Crippen molar-refractivity contribution in [2.75, 3.05) is 12.4 Å². The van der Waals surface area contributed by atoms with Gasteiger partial charge < -0.3 is 15.2 Å². The summed E-state index contributed by atoms with van der Waals surface area (Å²) in [6.45, 7) is 0.375. The molecule has 4 nitrogen and oxygen atoms in total. The second-order valence-corrected chi connectivity index (χ2v) is 5.47. The lowest BCUT2D eigenvalue weighted by molar-refractivity contribution is -0.138. The van der Waals surface area contributed by atoms with E-state index in [-0.39, 0.29) is 0 Å². The van der Waals surface area contributed by atoms with Gasteiger partial charge in [0.2, 0.25) is 0 Å². The van der Waals surface area contributed by atoms with Crippen molar-refractivity contribution in [2.45, 2.75) is 12.6 Å². The van der Waals surface area contributed by atoms with Crippen molar-refractivity contribution in [1.82, 2.24) is 0 Å². The summed E-state index contributed by atoms with van der Waals surface area (Å²) in [7, 11) is 1.59. The number of hydrogen-bond donors (Lipinski definition) is 2. The van der Waals surface area contributed by atoms with Crippen molar-refractivity contribution in [3.05, 3.63) is 64.1 Å². The maximum absolute atomic E-state index is 11.6. The van der Waals surface area contributed by atoms with Crippen LogP contribution in [0.3, 0.4) is 0 Å². The van der Waals surface area contributed by atoms with E-state index in [1.807, 2.05) is 42.5 Å². The molecule has 0 bridgehead atoms. The topological polar surface area (TPSA) is 58.6 Å². The number of carboxylic acid groups (broad SMARTS) is 1. The highest BCUT2D eigenvalue weighted by Crippen LogP contribution is 2.25. The first-order valence-corrected chi connectivity index (χ1v) is 7.22. The number of anilines is 1. The van der Waals surface area contributed by atoms with Crippen molar-refractivity contribution in [1.29, 1.82) is 0 Å². The van der Waals surface area contributed by atoms with Gasteiger partial charge in [0, 0.05) is 17.3 Å². The van der Waals surface area contributed by atoms with Crippen molar-refractivity contribution < 1.29 is 14.6 Å². The molecule has 0 saturated carbocycles. The van der Waals surface area contributed by atoms with Gasteiger partial charge in [-0.3, -0.25) is 0 Å². The summed E-state index contributed by atoms with van der Waals surface area (Å²) in [5.41, 5.74) is 2.30. The largest absolute Gasteiger partial charge is 0.479 e. The van der Waals surface area contributed by atoms with Gasteiger partial charge in [-0.2, -0.15) is 0 Å². The van der Waals surface area contributed by atoms with Crippen molar-refractivity contribution in [2.24, 2.45) is 0 Å². The van der Waals surface area contributed by atoms with Crippen LogP contribution in [0.1, 0.15) is 17.2 Å². The zero-order valence-corrected chi connectivity index (χ0v) is 13.1. The van der Waals surface area contributed by atoms with E-state index in [1.54, 1.807) is 13.2 Å². The maximum atomic E-state index is 11.6. The van der Waals surface area contributed by atoms with Crippen LogP contribution in [0.2, 0.25) is 0 Å². The van der Waals surface area contributed by atoms with E-state index in [4.69, 9.17) is 4.74 Å². The Balaban J connectivity index is 2.33. The second-order valence-electron chi connectivity index (χ2n) is 4.56. The number of benzene rings is 2. The highest BCUT2D eigenvalue weighted by molar-refractivity contribution is 9.10. The van der Waals surface area contributed by atoms with E-state index in [0.29, 0.717) is 12.2 Å². The molecule has 0 radical (unpaired) electrons. The molecule has 0 amide bonds. The molecule has 2 rings (SSSR count). The van der Waals surface area contributed by atoms with Crippen molar-refractivity contribution in [3.8, 4) is 0 Å². The number of methoxy groups -OCH3 is 1. The summed E-state index contributed by atoms with van der Waals surface area (Å²) in [6, 6.07) is 14.0. The van der Waals surface area contributed by atoms with E-state index in [1.165, 1.54) is 0 Å². The van der Waals surface area contributed by atoms with Crippen LogP contribution in [-0.4, -0.2) is 18.2 Å². The molecular formula is C16H16BrNO3. The van der Waals surface area contributed by atoms with Crippen molar-refractivity contribution in [3.63, 3.8) is 0 Å². The maximum Gasteiger partial charge on any atom is 0.330 e. The number of rotatable bonds is 6. The van der Waals surface area contributed by atoms with Crippen LogP contribution in [-0.2, 0) is 16.1 Å². The molecule has 0 fully saturated rings. The van der Waals surface area contributed by atoms with Gasteiger partial charge in [-0.15, -0.1) is 0 Å². The highest BCUT2D eigenvalue weighted by Gasteiger charge is 2.22. The average molecular weight is 350 g/mol. The van der Waals surface area contributed by atoms with Gasteiger partial charge in [0.1, 0.15) is 0 Å². The van der Waals surface area contributed by atoms with Gasteiger partial charge in [0.05, 0.1) is 6.61 Å². The van der Waals surface area contributed by atoms with E-state index >= 15 is 0 Å². The molecule has 0 aliphatic carbocycles. The van der Waals surface area contributed by atoms with Crippen LogP contribution >= 0.6 is 15.9 Å². The third-order valence-corrected chi connectivity index (χ3v) is 3.54. The van der Waals surface area contributed by atoms with Gasteiger partial charge in [0.15, 0.2) is 6.04 Å². The first-order valence-electron chi connectivity index (χ1n) is 6.43. The van der Waals surface area contributed by atoms with E-state index in [0.717, 1.165) is 15.7 Å². The monoisotopic (exact) mass is 349 g/mol. The van der Waals surface area contributed by atoms with Gasteiger partial charge in [0.25, 0.3) is 0 Å². The molecule has 21 heavy (non-hydrogen) atoms. The molecule has 1 atom stereocenters. The van der Waals surface area contributed by atoms with Crippen LogP contribution in [0.5, 0.6) is 0 Å². The number of hydrogen-bond acceptors (Lipinski definition) is 3. The van der Waals surface area contributed by atoms with Gasteiger partial charge >= 0.3 is 5.97 Å². The summed E-state index contributed by atoms with van der Waals surface area (Å²) in [6.07, 6.45) is 0. The molecule has 1 unspecified atom stereocenters. The lowest BCUT2D eigenvalue weighted by Crippen LogP contribution is -2.22. The third-order valence-electron chi connectivity index (χ3n) is 3.05. The average Bonchev–Trinajstić information content (AvgIpc) is 2.46. The molecule has 2 aromatic carbocycles. The minimum Gasteiger partial charge on any atom is -0.479 e. The Morgan fingerprint density at radius 3 is 2.71 bits per heavy atom.